The number of alkyl halides is 3. The third-order valence-corrected chi connectivity index (χ3v) is 9.93. The van der Waals surface area contributed by atoms with E-state index in [0.29, 0.717) is 29.2 Å². The molecule has 14 heteroatoms. The molecule has 2 N–H and O–H groups in total. The smallest absolute Gasteiger partial charge is 0.490 e. The minimum atomic E-state index is -5.08. The number of carboxylic acids is 1. The fourth-order valence-corrected chi connectivity index (χ4v) is 7.31. The maximum Gasteiger partial charge on any atom is 0.490 e. The molecular weight excluding hydrogens is 699 g/mol. The number of ether oxygens (including phenoxy) is 2. The third-order valence-electron chi connectivity index (χ3n) is 9.93. The van der Waals surface area contributed by atoms with Crippen LogP contribution >= 0.6 is 0 Å². The van der Waals surface area contributed by atoms with E-state index in [1.54, 1.807) is 25.2 Å². The van der Waals surface area contributed by atoms with Gasteiger partial charge in [0.15, 0.2) is 23.1 Å². The number of halogens is 5. The van der Waals surface area contributed by atoms with Crippen LogP contribution in [0.1, 0.15) is 36.8 Å². The number of nitrogens with zero attached hydrogens (tertiary/aromatic N) is 3. The van der Waals surface area contributed by atoms with Crippen molar-refractivity contribution in [2.75, 3.05) is 38.0 Å². The van der Waals surface area contributed by atoms with Crippen molar-refractivity contribution in [1.29, 1.82) is 5.26 Å². The molecule has 1 heterocycles. The number of methoxy groups -OCH3 is 2. The number of rotatable bonds is 7. The minimum Gasteiger partial charge on any atom is -0.493 e. The first-order chi connectivity index (χ1) is 25.2. The number of carbonyl (C=O) groups is 2. The zero-order chi connectivity index (χ0) is 38.5. The highest BCUT2D eigenvalue weighted by molar-refractivity contribution is 6.02. The largest absolute Gasteiger partial charge is 0.493 e. The Balaban J connectivity index is 0.000000705. The van der Waals surface area contributed by atoms with E-state index in [1.165, 1.54) is 11.6 Å². The first-order valence-electron chi connectivity index (χ1n) is 16.6. The lowest BCUT2D eigenvalue weighted by Gasteiger charge is -2.47. The number of amides is 2. The Morgan fingerprint density at radius 2 is 1.62 bits per heavy atom. The summed E-state index contributed by atoms with van der Waals surface area (Å²) in [6.07, 6.45) is -1.82. The van der Waals surface area contributed by atoms with Gasteiger partial charge in [-0.3, -0.25) is 4.90 Å². The molecule has 4 aromatic rings. The van der Waals surface area contributed by atoms with Crippen molar-refractivity contribution < 1.29 is 46.1 Å². The molecule has 0 spiro atoms. The highest BCUT2D eigenvalue weighted by Gasteiger charge is 2.52. The van der Waals surface area contributed by atoms with Gasteiger partial charge in [0.25, 0.3) is 0 Å². The third kappa shape index (κ3) is 8.36. The Hall–Kier alpha value is -5.68. The summed E-state index contributed by atoms with van der Waals surface area (Å²) >= 11 is 0. The summed E-state index contributed by atoms with van der Waals surface area (Å²) in [5.41, 5.74) is 4.30. The molecule has 2 fully saturated rings. The number of benzene rings is 4. The van der Waals surface area contributed by atoms with Gasteiger partial charge in [0.2, 0.25) is 0 Å². The van der Waals surface area contributed by atoms with Gasteiger partial charge in [0.05, 0.1) is 25.9 Å². The summed E-state index contributed by atoms with van der Waals surface area (Å²) in [7, 11) is 5.40. The number of fused-ring (bicyclic) bond motifs is 1. The van der Waals surface area contributed by atoms with Crippen LogP contribution in [0.4, 0.5) is 38.1 Å². The quantitative estimate of drug-likeness (QED) is 0.183. The second-order valence-electron chi connectivity index (χ2n) is 12.9. The number of likely N-dealkylation sites (tertiary alicyclic amines) is 1. The number of nitrogens with one attached hydrogen (secondary N) is 1. The zero-order valence-electron chi connectivity index (χ0n) is 29.1. The predicted molar refractivity (Wildman–Crippen MR) is 188 cm³/mol. The lowest BCUT2D eigenvalue weighted by molar-refractivity contribution is -0.192. The number of urea groups is 1. The van der Waals surface area contributed by atoms with Gasteiger partial charge in [-0.1, -0.05) is 30.3 Å². The van der Waals surface area contributed by atoms with Crippen molar-refractivity contribution in [1.82, 2.24) is 4.90 Å². The number of carbonyl (C=O) groups excluding carboxylic acids is 1. The van der Waals surface area contributed by atoms with Crippen LogP contribution in [-0.4, -0.2) is 68.1 Å². The van der Waals surface area contributed by atoms with Crippen molar-refractivity contribution >= 4 is 23.4 Å². The molecule has 0 aromatic heterocycles. The summed E-state index contributed by atoms with van der Waals surface area (Å²) in [6, 6.07) is 26.3. The molecule has 0 bridgehead atoms. The highest BCUT2D eigenvalue weighted by atomic mass is 19.4. The van der Waals surface area contributed by atoms with E-state index >= 15 is 0 Å². The van der Waals surface area contributed by atoms with E-state index in [2.05, 4.69) is 35.5 Å². The predicted octanol–water partition coefficient (Wildman–Crippen LogP) is 8.39. The molecule has 2 aliphatic rings. The molecule has 9 nitrogen and oxygen atoms in total. The molecule has 6 rings (SSSR count). The standard InChI is InChI=1S/C37H36F2N4O3.C2HF3O2/c1-42-18-17-37(27-9-14-33(45-2)34(20-27)46-3)16-15-30(22-35(37)42)43(36(44)41-28-10-13-31(38)32(39)21-28)29-11-7-25(8-12-29)26-6-4-5-24(19-26)23-40;3-2(4,5)1(6)7/h4-14,19-21,30,35H,15-18,22H2,1-3H3,(H,41,44);(H,6,7). The van der Waals surface area contributed by atoms with Gasteiger partial charge < -0.3 is 24.8 Å². The molecule has 53 heavy (non-hydrogen) atoms. The van der Waals surface area contributed by atoms with Crippen LogP contribution in [0.2, 0.25) is 0 Å². The normalized spacial score (nSPS) is 19.5. The van der Waals surface area contributed by atoms with Crippen molar-refractivity contribution in [2.45, 2.75) is 49.4 Å². The van der Waals surface area contributed by atoms with E-state index in [9.17, 15) is 32.0 Å². The Labute approximate surface area is 303 Å². The van der Waals surface area contributed by atoms with Gasteiger partial charge in [-0.05, 0) is 104 Å². The fraction of sp³-hybridized carbons (Fsp3) is 0.308. The number of anilines is 2. The Bertz CT molecular complexity index is 2000. The number of likely N-dealkylation sites (N-methyl/N-ethyl adjacent to an activating group) is 1. The van der Waals surface area contributed by atoms with Crippen molar-refractivity contribution in [3.63, 3.8) is 0 Å². The topological polar surface area (TPSA) is 115 Å². The summed E-state index contributed by atoms with van der Waals surface area (Å²) in [6.45, 7) is 0.920. The van der Waals surface area contributed by atoms with Crippen LogP contribution in [0.3, 0.4) is 0 Å². The van der Waals surface area contributed by atoms with Gasteiger partial charge in [-0.25, -0.2) is 18.4 Å². The molecule has 1 aliphatic heterocycles. The van der Waals surface area contributed by atoms with E-state index in [1.807, 2.05) is 48.5 Å². The maximum atomic E-state index is 14.1. The van der Waals surface area contributed by atoms with E-state index < -0.39 is 29.8 Å². The number of carboxylic acid groups (broad SMARTS) is 1. The summed E-state index contributed by atoms with van der Waals surface area (Å²) < 4.78 is 70.6. The first kappa shape index (κ1) is 38.5. The number of nitriles is 1. The van der Waals surface area contributed by atoms with Crippen LogP contribution in [0.5, 0.6) is 11.5 Å². The maximum absolute atomic E-state index is 14.1. The highest BCUT2D eigenvalue weighted by Crippen LogP contribution is 2.51. The van der Waals surface area contributed by atoms with Gasteiger partial charge in [0, 0.05) is 34.9 Å². The average Bonchev–Trinajstić information content (AvgIpc) is 3.49. The molecular formula is C39H37F5N4O5. The van der Waals surface area contributed by atoms with Crippen molar-refractivity contribution in [2.24, 2.45) is 0 Å². The monoisotopic (exact) mass is 736 g/mol. The molecule has 1 saturated heterocycles. The second kappa shape index (κ2) is 15.9. The molecule has 0 radical (unpaired) electrons. The zero-order valence-corrected chi connectivity index (χ0v) is 29.1. The Morgan fingerprint density at radius 1 is 0.925 bits per heavy atom. The SMILES string of the molecule is COc1ccc(C23CCC(N(C(=O)Nc4ccc(F)c(F)c4)c4ccc(-c5cccc(C#N)c5)cc4)CC2N(C)CC3)cc1OC.O=C(O)C(F)(F)F. The lowest BCUT2D eigenvalue weighted by Crippen LogP contribution is -2.54. The summed E-state index contributed by atoms with van der Waals surface area (Å²) in [5.74, 6) is -3.39. The van der Waals surface area contributed by atoms with Crippen LogP contribution in [0.15, 0.2) is 84.9 Å². The van der Waals surface area contributed by atoms with Gasteiger partial charge in [0.1, 0.15) is 0 Å². The molecule has 3 unspecified atom stereocenters. The molecule has 278 valence electrons. The van der Waals surface area contributed by atoms with Crippen LogP contribution < -0.4 is 19.7 Å². The molecule has 1 aliphatic carbocycles. The first-order valence-corrected chi connectivity index (χ1v) is 16.6. The van der Waals surface area contributed by atoms with Crippen molar-refractivity contribution in [3.05, 3.63) is 108 Å². The van der Waals surface area contributed by atoms with Crippen LogP contribution in [0, 0.1) is 23.0 Å². The molecule has 3 atom stereocenters. The van der Waals surface area contributed by atoms with Crippen molar-refractivity contribution in [3.8, 4) is 28.7 Å². The fourth-order valence-electron chi connectivity index (χ4n) is 7.31. The van der Waals surface area contributed by atoms with Gasteiger partial charge in [-0.15, -0.1) is 0 Å². The van der Waals surface area contributed by atoms with Gasteiger partial charge >= 0.3 is 18.2 Å². The Kier molecular flexibility index (Phi) is 11.6. The Morgan fingerprint density at radius 3 is 2.25 bits per heavy atom. The average molecular weight is 737 g/mol. The minimum absolute atomic E-state index is 0.122. The lowest BCUT2D eigenvalue weighted by atomic mass is 9.64. The number of aliphatic carboxylic acids is 1. The number of hydrogen-bond donors (Lipinski definition) is 2. The number of hydrogen-bond acceptors (Lipinski definition) is 6. The van der Waals surface area contributed by atoms with E-state index in [0.717, 1.165) is 49.1 Å². The summed E-state index contributed by atoms with van der Waals surface area (Å²) in [5, 5.41) is 19.3. The van der Waals surface area contributed by atoms with Gasteiger partial charge in [-0.2, -0.15) is 18.4 Å². The van der Waals surface area contributed by atoms with Crippen LogP contribution in [-0.2, 0) is 10.2 Å². The van der Waals surface area contributed by atoms with Crippen LogP contribution in [0.25, 0.3) is 11.1 Å². The molecule has 1 saturated carbocycles. The molecule has 4 aromatic carbocycles. The molecule has 2 amide bonds. The van der Waals surface area contributed by atoms with E-state index in [4.69, 9.17) is 19.4 Å². The summed E-state index contributed by atoms with van der Waals surface area (Å²) in [4.78, 5) is 27.1. The second-order valence-corrected chi connectivity index (χ2v) is 12.9. The van der Waals surface area contributed by atoms with E-state index in [-0.39, 0.29) is 23.2 Å².